The summed E-state index contributed by atoms with van der Waals surface area (Å²) in [6, 6.07) is 9.66. The maximum Gasteiger partial charge on any atom is 0.290 e. The molecule has 0 unspecified atom stereocenters. The van der Waals surface area contributed by atoms with Gasteiger partial charge in [0.25, 0.3) is 5.56 Å². The zero-order valence-electron chi connectivity index (χ0n) is 8.77. The Bertz CT molecular complexity index is 537. The van der Waals surface area contributed by atoms with Gasteiger partial charge in [0, 0.05) is 7.05 Å². The molecule has 0 bridgehead atoms. The quantitative estimate of drug-likeness (QED) is 0.753. The van der Waals surface area contributed by atoms with Crippen LogP contribution in [0.15, 0.2) is 35.1 Å². The van der Waals surface area contributed by atoms with E-state index in [2.05, 4.69) is 0 Å². The molecule has 0 fully saturated rings. The van der Waals surface area contributed by atoms with Gasteiger partial charge in [-0.15, -0.1) is 0 Å². The number of hydrogen-bond acceptors (Lipinski definition) is 2. The third-order valence-electron chi connectivity index (χ3n) is 2.53. The standard InChI is InChI=1S/C11H13N3O/c1-8-10(12)11(15)13(2)14(8)9-6-4-3-5-7-9/h3-7H,12H2,1-2H3. The Morgan fingerprint density at radius 1 is 1.20 bits per heavy atom. The molecule has 0 aliphatic rings. The van der Waals surface area contributed by atoms with Crippen molar-refractivity contribution in [3.8, 4) is 5.69 Å². The number of para-hydroxylation sites is 1. The average molecular weight is 203 g/mol. The van der Waals surface area contributed by atoms with Gasteiger partial charge in [0.2, 0.25) is 0 Å². The summed E-state index contributed by atoms with van der Waals surface area (Å²) in [5.41, 5.74) is 7.55. The van der Waals surface area contributed by atoms with Gasteiger partial charge in [0.1, 0.15) is 5.69 Å². The average Bonchev–Trinajstić information content (AvgIpc) is 2.45. The molecule has 0 aliphatic carbocycles. The Hall–Kier alpha value is -1.97. The molecule has 0 radical (unpaired) electrons. The van der Waals surface area contributed by atoms with E-state index in [1.54, 1.807) is 11.7 Å². The smallest absolute Gasteiger partial charge is 0.290 e. The third-order valence-corrected chi connectivity index (χ3v) is 2.53. The van der Waals surface area contributed by atoms with Gasteiger partial charge in [0.05, 0.1) is 11.4 Å². The molecule has 0 spiro atoms. The number of aromatic nitrogens is 2. The molecule has 2 rings (SSSR count). The fraction of sp³-hybridized carbons (Fsp3) is 0.182. The molecule has 1 heterocycles. The van der Waals surface area contributed by atoms with Crippen molar-refractivity contribution in [1.82, 2.24) is 9.36 Å². The lowest BCUT2D eigenvalue weighted by molar-refractivity contribution is 0.629. The number of hydrogen-bond donors (Lipinski definition) is 1. The molecule has 0 amide bonds. The molecule has 0 aliphatic heterocycles. The summed E-state index contributed by atoms with van der Waals surface area (Å²) in [5.74, 6) is 0. The van der Waals surface area contributed by atoms with Crippen LogP contribution in [0.4, 0.5) is 5.69 Å². The Morgan fingerprint density at radius 2 is 1.80 bits per heavy atom. The van der Waals surface area contributed by atoms with E-state index in [1.165, 1.54) is 4.68 Å². The molecule has 0 atom stereocenters. The van der Waals surface area contributed by atoms with Gasteiger partial charge >= 0.3 is 0 Å². The summed E-state index contributed by atoms with van der Waals surface area (Å²) in [5, 5.41) is 0. The van der Waals surface area contributed by atoms with Gasteiger partial charge in [-0.05, 0) is 19.1 Å². The fourth-order valence-corrected chi connectivity index (χ4v) is 1.70. The predicted molar refractivity (Wildman–Crippen MR) is 60.2 cm³/mol. The van der Waals surface area contributed by atoms with Crippen LogP contribution in [0.2, 0.25) is 0 Å². The van der Waals surface area contributed by atoms with Crippen molar-refractivity contribution in [2.75, 3.05) is 5.73 Å². The zero-order chi connectivity index (χ0) is 11.0. The Kier molecular flexibility index (Phi) is 2.11. The van der Waals surface area contributed by atoms with Crippen molar-refractivity contribution < 1.29 is 0 Å². The van der Waals surface area contributed by atoms with E-state index >= 15 is 0 Å². The normalized spacial score (nSPS) is 10.5. The first-order valence-electron chi connectivity index (χ1n) is 4.72. The molecule has 2 N–H and O–H groups in total. The Morgan fingerprint density at radius 3 is 2.27 bits per heavy atom. The van der Waals surface area contributed by atoms with E-state index in [0.29, 0.717) is 5.69 Å². The van der Waals surface area contributed by atoms with E-state index in [1.807, 2.05) is 37.3 Å². The SMILES string of the molecule is Cc1c(N)c(=O)n(C)n1-c1ccccc1. The van der Waals surface area contributed by atoms with E-state index in [-0.39, 0.29) is 5.56 Å². The van der Waals surface area contributed by atoms with Crippen molar-refractivity contribution in [2.24, 2.45) is 7.05 Å². The van der Waals surface area contributed by atoms with Gasteiger partial charge in [-0.3, -0.25) is 9.48 Å². The highest BCUT2D eigenvalue weighted by Gasteiger charge is 2.11. The van der Waals surface area contributed by atoms with Crippen molar-refractivity contribution in [3.05, 3.63) is 46.4 Å². The van der Waals surface area contributed by atoms with Crippen molar-refractivity contribution in [3.63, 3.8) is 0 Å². The topological polar surface area (TPSA) is 53.0 Å². The molecule has 1 aromatic heterocycles. The van der Waals surface area contributed by atoms with Crippen LogP contribution >= 0.6 is 0 Å². The summed E-state index contributed by atoms with van der Waals surface area (Å²) in [6.45, 7) is 1.84. The summed E-state index contributed by atoms with van der Waals surface area (Å²) < 4.78 is 3.32. The highest BCUT2D eigenvalue weighted by molar-refractivity contribution is 5.45. The number of anilines is 1. The van der Waals surface area contributed by atoms with Crippen LogP contribution in [-0.2, 0) is 7.05 Å². The second-order valence-electron chi connectivity index (χ2n) is 3.48. The van der Waals surface area contributed by atoms with E-state index in [0.717, 1.165) is 11.4 Å². The molecule has 1 aromatic carbocycles. The van der Waals surface area contributed by atoms with Gasteiger partial charge in [0.15, 0.2) is 0 Å². The highest BCUT2D eigenvalue weighted by atomic mass is 16.1. The van der Waals surface area contributed by atoms with Gasteiger partial charge in [-0.25, -0.2) is 4.68 Å². The van der Waals surface area contributed by atoms with Crippen LogP contribution < -0.4 is 11.3 Å². The number of nitrogens with zero attached hydrogens (tertiary/aromatic N) is 2. The lowest BCUT2D eigenvalue weighted by Crippen LogP contribution is -2.19. The zero-order valence-corrected chi connectivity index (χ0v) is 8.77. The largest absolute Gasteiger partial charge is 0.393 e. The predicted octanol–water partition coefficient (Wildman–Crippen LogP) is 1.07. The van der Waals surface area contributed by atoms with Crippen LogP contribution in [0.5, 0.6) is 0 Å². The molecule has 2 aromatic rings. The monoisotopic (exact) mass is 203 g/mol. The molecule has 0 saturated carbocycles. The Balaban J connectivity index is 2.75. The first-order chi connectivity index (χ1) is 7.13. The first kappa shape index (κ1) is 9.58. The molecular weight excluding hydrogens is 190 g/mol. The molecule has 15 heavy (non-hydrogen) atoms. The van der Waals surface area contributed by atoms with Crippen molar-refractivity contribution in [1.29, 1.82) is 0 Å². The van der Waals surface area contributed by atoms with Crippen LogP contribution in [-0.4, -0.2) is 9.36 Å². The summed E-state index contributed by atoms with van der Waals surface area (Å²) in [6.07, 6.45) is 0. The van der Waals surface area contributed by atoms with Crippen LogP contribution in [0.25, 0.3) is 5.69 Å². The molecule has 0 saturated heterocycles. The maximum atomic E-state index is 11.6. The minimum atomic E-state index is -0.156. The lowest BCUT2D eigenvalue weighted by atomic mass is 10.3. The number of benzene rings is 1. The van der Waals surface area contributed by atoms with E-state index in [9.17, 15) is 4.79 Å². The molecule has 4 nitrogen and oxygen atoms in total. The van der Waals surface area contributed by atoms with Crippen molar-refractivity contribution >= 4 is 5.69 Å². The first-order valence-corrected chi connectivity index (χ1v) is 4.72. The minimum absolute atomic E-state index is 0.156. The summed E-state index contributed by atoms with van der Waals surface area (Å²) in [4.78, 5) is 11.6. The van der Waals surface area contributed by atoms with Crippen LogP contribution in [0.1, 0.15) is 5.69 Å². The molecular formula is C11H13N3O. The maximum absolute atomic E-state index is 11.6. The molecule has 78 valence electrons. The minimum Gasteiger partial charge on any atom is -0.393 e. The second-order valence-corrected chi connectivity index (χ2v) is 3.48. The van der Waals surface area contributed by atoms with Crippen molar-refractivity contribution in [2.45, 2.75) is 6.92 Å². The van der Waals surface area contributed by atoms with Crippen LogP contribution in [0.3, 0.4) is 0 Å². The van der Waals surface area contributed by atoms with Crippen LogP contribution in [0, 0.1) is 6.92 Å². The number of nitrogens with two attached hydrogens (primary N) is 1. The lowest BCUT2D eigenvalue weighted by Gasteiger charge is -2.09. The van der Waals surface area contributed by atoms with Gasteiger partial charge in [-0.1, -0.05) is 18.2 Å². The number of nitrogen functional groups attached to an aromatic ring is 1. The van der Waals surface area contributed by atoms with Gasteiger partial charge in [-0.2, -0.15) is 0 Å². The second kappa shape index (κ2) is 3.31. The fourth-order valence-electron chi connectivity index (χ4n) is 1.70. The summed E-state index contributed by atoms with van der Waals surface area (Å²) >= 11 is 0. The van der Waals surface area contributed by atoms with E-state index < -0.39 is 0 Å². The number of rotatable bonds is 1. The summed E-state index contributed by atoms with van der Waals surface area (Å²) in [7, 11) is 1.71. The van der Waals surface area contributed by atoms with Gasteiger partial charge < -0.3 is 5.73 Å². The highest BCUT2D eigenvalue weighted by Crippen LogP contribution is 2.13. The Labute approximate surface area is 87.5 Å². The van der Waals surface area contributed by atoms with E-state index in [4.69, 9.17) is 5.73 Å². The molecule has 4 heteroatoms. The third kappa shape index (κ3) is 1.34.